The Hall–Kier alpha value is -3.33. The third-order valence-corrected chi connectivity index (χ3v) is 4.13. The maximum Gasteiger partial charge on any atom is 0.185 e. The zero-order valence-corrected chi connectivity index (χ0v) is 14.8. The molecule has 0 radical (unpaired) electrons. The van der Waals surface area contributed by atoms with Gasteiger partial charge in [0.25, 0.3) is 0 Å². The van der Waals surface area contributed by atoms with Crippen molar-refractivity contribution in [2.24, 2.45) is 0 Å². The summed E-state index contributed by atoms with van der Waals surface area (Å²) in [5, 5.41) is 0. The molecule has 0 atom stereocenters. The number of hydrogen-bond donors (Lipinski definition) is 0. The van der Waals surface area contributed by atoms with Crippen molar-refractivity contribution in [3.8, 4) is 22.6 Å². The van der Waals surface area contributed by atoms with Gasteiger partial charge >= 0.3 is 0 Å². The van der Waals surface area contributed by atoms with Crippen molar-refractivity contribution in [3.05, 3.63) is 90.0 Å². The molecular weight excluding hydrogens is 324 g/mol. The van der Waals surface area contributed by atoms with Gasteiger partial charge in [0.05, 0.1) is 14.2 Å². The number of ketones is 1. The predicted octanol–water partition coefficient (Wildman–Crippen LogP) is 5.27. The van der Waals surface area contributed by atoms with Crippen LogP contribution in [0.3, 0.4) is 0 Å². The molecule has 3 aromatic carbocycles. The molecule has 3 rings (SSSR count). The largest absolute Gasteiger partial charge is 0.497 e. The maximum absolute atomic E-state index is 12.3. The molecular formula is C23H20O3. The van der Waals surface area contributed by atoms with E-state index in [0.29, 0.717) is 5.56 Å². The summed E-state index contributed by atoms with van der Waals surface area (Å²) in [4.78, 5) is 12.3. The Morgan fingerprint density at radius 1 is 0.808 bits per heavy atom. The van der Waals surface area contributed by atoms with Gasteiger partial charge in [-0.15, -0.1) is 0 Å². The van der Waals surface area contributed by atoms with Gasteiger partial charge in [-0.1, -0.05) is 60.7 Å². The Balaban J connectivity index is 1.97. The number of allylic oxidation sites excluding steroid dienone is 1. The molecule has 3 heteroatoms. The second-order valence-electron chi connectivity index (χ2n) is 5.72. The molecule has 0 amide bonds. The van der Waals surface area contributed by atoms with Gasteiger partial charge in [0.2, 0.25) is 0 Å². The zero-order valence-electron chi connectivity index (χ0n) is 14.8. The van der Waals surface area contributed by atoms with Crippen molar-refractivity contribution < 1.29 is 14.3 Å². The minimum atomic E-state index is -0.0258. The smallest absolute Gasteiger partial charge is 0.185 e. The number of rotatable bonds is 6. The molecule has 130 valence electrons. The minimum Gasteiger partial charge on any atom is -0.497 e. The van der Waals surface area contributed by atoms with Crippen LogP contribution in [0.4, 0.5) is 0 Å². The molecule has 0 fully saturated rings. The van der Waals surface area contributed by atoms with E-state index in [1.165, 1.54) is 0 Å². The van der Waals surface area contributed by atoms with Crippen LogP contribution in [0.15, 0.2) is 78.9 Å². The van der Waals surface area contributed by atoms with Crippen LogP contribution < -0.4 is 9.47 Å². The van der Waals surface area contributed by atoms with Gasteiger partial charge in [0.1, 0.15) is 11.5 Å². The van der Waals surface area contributed by atoms with Crippen molar-refractivity contribution in [2.45, 2.75) is 0 Å². The second-order valence-corrected chi connectivity index (χ2v) is 5.72. The molecule has 0 heterocycles. The van der Waals surface area contributed by atoms with Crippen LogP contribution in [0.1, 0.15) is 15.9 Å². The Labute approximate surface area is 153 Å². The van der Waals surface area contributed by atoms with Crippen LogP contribution >= 0.6 is 0 Å². The summed E-state index contributed by atoms with van der Waals surface area (Å²) in [6.45, 7) is 0. The van der Waals surface area contributed by atoms with Crippen LogP contribution in [-0.2, 0) is 0 Å². The van der Waals surface area contributed by atoms with Crippen molar-refractivity contribution in [1.82, 2.24) is 0 Å². The molecule has 0 aromatic heterocycles. The first-order valence-corrected chi connectivity index (χ1v) is 8.32. The lowest BCUT2D eigenvalue weighted by Crippen LogP contribution is -1.94. The molecule has 0 saturated carbocycles. The molecule has 0 spiro atoms. The fraction of sp³-hybridized carbons (Fsp3) is 0.0870. The second kappa shape index (κ2) is 8.17. The van der Waals surface area contributed by atoms with Gasteiger partial charge in [-0.2, -0.15) is 0 Å². The highest BCUT2D eigenvalue weighted by Gasteiger charge is 2.10. The quantitative estimate of drug-likeness (QED) is 0.451. The molecule has 0 N–H and O–H groups in total. The maximum atomic E-state index is 12.3. The normalized spacial score (nSPS) is 10.7. The molecule has 0 bridgehead atoms. The van der Waals surface area contributed by atoms with Crippen LogP contribution in [0.25, 0.3) is 17.2 Å². The lowest BCUT2D eigenvalue weighted by Gasteiger charge is -2.12. The summed E-state index contributed by atoms with van der Waals surface area (Å²) in [7, 11) is 3.26. The van der Waals surface area contributed by atoms with Gasteiger partial charge in [-0.05, 0) is 29.3 Å². The molecule has 3 nitrogen and oxygen atoms in total. The van der Waals surface area contributed by atoms with E-state index < -0.39 is 0 Å². The lowest BCUT2D eigenvalue weighted by molar-refractivity contribution is 0.104. The molecule has 0 saturated heterocycles. The molecule has 26 heavy (non-hydrogen) atoms. The predicted molar refractivity (Wildman–Crippen MR) is 105 cm³/mol. The van der Waals surface area contributed by atoms with Crippen LogP contribution in [0.5, 0.6) is 11.5 Å². The molecule has 3 aromatic rings. The van der Waals surface area contributed by atoms with E-state index in [4.69, 9.17) is 9.47 Å². The SMILES string of the molecule is COc1ccc(-c2ccccc2C=CC(=O)c2ccccc2)c(OC)c1. The summed E-state index contributed by atoms with van der Waals surface area (Å²) in [5.41, 5.74) is 3.55. The Morgan fingerprint density at radius 2 is 1.54 bits per heavy atom. The van der Waals surface area contributed by atoms with Crippen LogP contribution in [-0.4, -0.2) is 20.0 Å². The first kappa shape index (κ1) is 17.5. The monoisotopic (exact) mass is 344 g/mol. The summed E-state index contributed by atoms with van der Waals surface area (Å²) in [6, 6.07) is 22.9. The van der Waals surface area contributed by atoms with Crippen LogP contribution in [0, 0.1) is 0 Å². The van der Waals surface area contributed by atoms with E-state index in [1.54, 1.807) is 20.3 Å². The average Bonchev–Trinajstić information content (AvgIpc) is 2.72. The third-order valence-electron chi connectivity index (χ3n) is 4.13. The first-order chi connectivity index (χ1) is 12.7. The number of methoxy groups -OCH3 is 2. The summed E-state index contributed by atoms with van der Waals surface area (Å²) < 4.78 is 10.8. The fourth-order valence-electron chi connectivity index (χ4n) is 2.77. The van der Waals surface area contributed by atoms with Crippen molar-refractivity contribution >= 4 is 11.9 Å². The van der Waals surface area contributed by atoms with Crippen molar-refractivity contribution in [1.29, 1.82) is 0 Å². The van der Waals surface area contributed by atoms with Gasteiger partial charge in [0, 0.05) is 17.2 Å². The van der Waals surface area contributed by atoms with Gasteiger partial charge in [0.15, 0.2) is 5.78 Å². The molecule has 0 aliphatic rings. The van der Waals surface area contributed by atoms with E-state index in [0.717, 1.165) is 28.2 Å². The Morgan fingerprint density at radius 3 is 2.27 bits per heavy atom. The number of carbonyl (C=O) groups is 1. The van der Waals surface area contributed by atoms with E-state index in [9.17, 15) is 4.79 Å². The zero-order chi connectivity index (χ0) is 18.4. The highest BCUT2D eigenvalue weighted by molar-refractivity contribution is 6.07. The molecule has 0 unspecified atom stereocenters. The molecule has 0 aliphatic carbocycles. The Bertz CT molecular complexity index is 927. The topological polar surface area (TPSA) is 35.5 Å². The summed E-state index contributed by atoms with van der Waals surface area (Å²) in [6.07, 6.45) is 3.44. The van der Waals surface area contributed by atoms with E-state index in [1.807, 2.05) is 78.9 Å². The first-order valence-electron chi connectivity index (χ1n) is 8.32. The fourth-order valence-corrected chi connectivity index (χ4v) is 2.77. The minimum absolute atomic E-state index is 0.0258. The number of ether oxygens (including phenoxy) is 2. The average molecular weight is 344 g/mol. The van der Waals surface area contributed by atoms with Gasteiger partial charge in [-0.25, -0.2) is 0 Å². The summed E-state index contributed by atoms with van der Waals surface area (Å²) >= 11 is 0. The number of carbonyl (C=O) groups excluding carboxylic acids is 1. The standard InChI is InChI=1S/C23H20O3/c1-25-19-13-14-21(23(16-19)26-2)20-11-7-6-8-17(20)12-15-22(24)18-9-4-3-5-10-18/h3-16H,1-2H3. The Kier molecular flexibility index (Phi) is 5.49. The van der Waals surface area contributed by atoms with Crippen molar-refractivity contribution in [3.63, 3.8) is 0 Å². The lowest BCUT2D eigenvalue weighted by atomic mass is 9.97. The van der Waals surface area contributed by atoms with E-state index >= 15 is 0 Å². The number of benzene rings is 3. The van der Waals surface area contributed by atoms with Crippen LogP contribution in [0.2, 0.25) is 0 Å². The highest BCUT2D eigenvalue weighted by atomic mass is 16.5. The van der Waals surface area contributed by atoms with Crippen molar-refractivity contribution in [2.75, 3.05) is 14.2 Å². The highest BCUT2D eigenvalue weighted by Crippen LogP contribution is 2.35. The number of hydrogen-bond acceptors (Lipinski definition) is 3. The third kappa shape index (κ3) is 3.83. The van der Waals surface area contributed by atoms with Gasteiger partial charge < -0.3 is 9.47 Å². The van der Waals surface area contributed by atoms with E-state index in [-0.39, 0.29) is 5.78 Å². The van der Waals surface area contributed by atoms with E-state index in [2.05, 4.69) is 0 Å². The van der Waals surface area contributed by atoms with Gasteiger partial charge in [-0.3, -0.25) is 4.79 Å². The molecule has 0 aliphatic heterocycles. The summed E-state index contributed by atoms with van der Waals surface area (Å²) in [5.74, 6) is 1.43.